The molecule has 4 heterocycles. The molecule has 186 valence electrons. The molecule has 0 radical (unpaired) electrons. The van der Waals surface area contributed by atoms with Gasteiger partial charge in [-0.25, -0.2) is 0 Å². The van der Waals surface area contributed by atoms with Gasteiger partial charge >= 0.3 is 0 Å². The van der Waals surface area contributed by atoms with Gasteiger partial charge in [0.2, 0.25) is 5.91 Å². The summed E-state index contributed by atoms with van der Waals surface area (Å²) in [5.41, 5.74) is 12.3. The highest BCUT2D eigenvalue weighted by molar-refractivity contribution is 6.09. The smallest absolute Gasteiger partial charge is 0.219 e. The van der Waals surface area contributed by atoms with E-state index in [1.165, 1.54) is 18.4 Å². The summed E-state index contributed by atoms with van der Waals surface area (Å²) in [5, 5.41) is 13.1. The van der Waals surface area contributed by atoms with Gasteiger partial charge in [0.1, 0.15) is 5.84 Å². The maximum atomic E-state index is 11.8. The number of amides is 1. The van der Waals surface area contributed by atoms with Crippen molar-refractivity contribution in [3.05, 3.63) is 47.4 Å². The molecular weight excluding hydrogens is 440 g/mol. The van der Waals surface area contributed by atoms with Gasteiger partial charge in [0.15, 0.2) is 0 Å². The highest BCUT2D eigenvalue weighted by Gasteiger charge is 2.28. The molecule has 0 atom stereocenters. The molecular formula is C27H36N6O2. The number of nitrogens with two attached hydrogens (primary N) is 1. The number of aromatic nitrogens is 2. The van der Waals surface area contributed by atoms with E-state index in [9.17, 15) is 4.79 Å². The molecule has 8 nitrogen and oxygen atoms in total. The number of hydrogen-bond donors (Lipinski definition) is 2. The Morgan fingerprint density at radius 3 is 2.46 bits per heavy atom. The number of terminal acetylenes is 1. The van der Waals surface area contributed by atoms with Gasteiger partial charge in [-0.1, -0.05) is 6.07 Å². The second-order valence-corrected chi connectivity index (χ2v) is 8.86. The minimum absolute atomic E-state index is 0.0259. The third-order valence-corrected chi connectivity index (χ3v) is 6.45. The molecule has 0 aliphatic carbocycles. The second-order valence-electron chi connectivity index (χ2n) is 8.86. The molecule has 35 heavy (non-hydrogen) atoms. The number of fused-ring (bicyclic) bond motifs is 1. The average Bonchev–Trinajstić information content (AvgIpc) is 3.60. The van der Waals surface area contributed by atoms with E-state index in [1.54, 1.807) is 16.5 Å². The predicted molar refractivity (Wildman–Crippen MR) is 140 cm³/mol. The van der Waals surface area contributed by atoms with Gasteiger partial charge in [-0.3, -0.25) is 14.9 Å². The van der Waals surface area contributed by atoms with Crippen molar-refractivity contribution in [3.8, 4) is 24.0 Å². The Balaban J connectivity index is 0.000000428. The summed E-state index contributed by atoms with van der Waals surface area (Å²) in [4.78, 5) is 15.6. The topological polar surface area (TPSA) is 100 Å². The molecule has 1 aromatic heterocycles. The van der Waals surface area contributed by atoms with Crippen LogP contribution in [-0.4, -0.2) is 59.3 Å². The zero-order valence-electron chi connectivity index (χ0n) is 20.8. The molecule has 5 rings (SSSR count). The van der Waals surface area contributed by atoms with Crippen molar-refractivity contribution in [1.29, 1.82) is 5.41 Å². The third-order valence-electron chi connectivity index (χ3n) is 6.45. The maximum absolute atomic E-state index is 11.8. The zero-order chi connectivity index (χ0) is 25.4. The van der Waals surface area contributed by atoms with Crippen LogP contribution in [0.4, 0.5) is 5.69 Å². The lowest BCUT2D eigenvalue weighted by molar-refractivity contribution is -0.128. The Bertz CT molecular complexity index is 1090. The van der Waals surface area contributed by atoms with Crippen LogP contribution in [0.25, 0.3) is 11.1 Å². The number of aryl methyl sites for hydroxylation is 2. The summed E-state index contributed by atoms with van der Waals surface area (Å²) in [6, 6.07) is 6.38. The summed E-state index contributed by atoms with van der Waals surface area (Å²) < 4.78 is 6.75. The number of nitrogens with zero attached hydrogens (tertiary/aromatic N) is 4. The summed E-state index contributed by atoms with van der Waals surface area (Å²) in [7, 11) is 1.91. The number of hydrogen-bond acceptors (Lipinski definition) is 5. The van der Waals surface area contributed by atoms with Gasteiger partial charge in [0, 0.05) is 75.4 Å². The molecule has 2 aromatic rings. The molecule has 0 saturated carbocycles. The fourth-order valence-electron chi connectivity index (χ4n) is 4.53. The molecule has 1 amide bonds. The van der Waals surface area contributed by atoms with E-state index >= 15 is 0 Å². The van der Waals surface area contributed by atoms with Crippen LogP contribution in [0.3, 0.4) is 0 Å². The first-order valence-corrected chi connectivity index (χ1v) is 12.1. The zero-order valence-corrected chi connectivity index (χ0v) is 20.8. The highest BCUT2D eigenvalue weighted by Crippen LogP contribution is 2.33. The summed E-state index contributed by atoms with van der Waals surface area (Å²) in [5.74, 6) is 0.441. The first-order chi connectivity index (χ1) is 16.9. The Morgan fingerprint density at radius 1 is 1.11 bits per heavy atom. The van der Waals surface area contributed by atoms with Crippen LogP contribution in [0.2, 0.25) is 0 Å². The van der Waals surface area contributed by atoms with Gasteiger partial charge in [-0.15, -0.1) is 12.8 Å². The van der Waals surface area contributed by atoms with Crippen LogP contribution in [-0.2, 0) is 23.0 Å². The van der Waals surface area contributed by atoms with Crippen molar-refractivity contribution in [1.82, 2.24) is 14.7 Å². The van der Waals surface area contributed by atoms with Crippen molar-refractivity contribution >= 4 is 17.4 Å². The van der Waals surface area contributed by atoms with Crippen LogP contribution >= 0.6 is 0 Å². The number of rotatable bonds is 2. The molecule has 8 heteroatoms. The Kier molecular flexibility index (Phi) is 9.10. The molecule has 0 bridgehead atoms. The van der Waals surface area contributed by atoms with Crippen LogP contribution in [0.15, 0.2) is 41.9 Å². The standard InChI is InChI=1S/C21H26N6O.C4H8O.C2H2/c1-14(28)26-9-7-19(22)18(13-26)21(23)27-8-3-4-16-10-15(5-6-20(16)27)17-11-24-25(2)12-17;1-2-4-5-3-1;1-2/h5-6,10-12,23H,3-4,7-9,13,22H2,1-2H3;1-4H2;1-2H. The lowest BCUT2D eigenvalue weighted by Crippen LogP contribution is -2.44. The Hall–Kier alpha value is -3.57. The summed E-state index contributed by atoms with van der Waals surface area (Å²) in [6.07, 6.45) is 17.0. The van der Waals surface area contributed by atoms with Crippen molar-refractivity contribution in [2.45, 2.75) is 39.0 Å². The molecule has 1 fully saturated rings. The second kappa shape index (κ2) is 12.2. The molecule has 0 spiro atoms. The quantitative estimate of drug-likeness (QED) is 0.393. The Morgan fingerprint density at radius 2 is 1.86 bits per heavy atom. The van der Waals surface area contributed by atoms with E-state index in [0.717, 1.165) is 60.7 Å². The van der Waals surface area contributed by atoms with Crippen molar-refractivity contribution in [3.63, 3.8) is 0 Å². The first kappa shape index (κ1) is 26.0. The monoisotopic (exact) mass is 476 g/mol. The SMILES string of the molecule is C#C.C1CCOC1.CC(=O)N1CCC(N)=C(C(=N)N2CCCc3cc(-c4cnn(C)c4)ccc32)C1. The normalized spacial score (nSPS) is 17.0. The lowest BCUT2D eigenvalue weighted by Gasteiger charge is -2.36. The van der Waals surface area contributed by atoms with E-state index in [0.29, 0.717) is 25.3 Å². The molecule has 3 N–H and O–H groups in total. The van der Waals surface area contributed by atoms with Crippen LogP contribution in [0.5, 0.6) is 0 Å². The predicted octanol–water partition coefficient (Wildman–Crippen LogP) is 3.33. The number of benzene rings is 1. The van der Waals surface area contributed by atoms with Crippen LogP contribution < -0.4 is 10.6 Å². The number of carbonyl (C=O) groups is 1. The van der Waals surface area contributed by atoms with Gasteiger partial charge < -0.3 is 20.3 Å². The van der Waals surface area contributed by atoms with Crippen molar-refractivity contribution < 1.29 is 9.53 Å². The highest BCUT2D eigenvalue weighted by atomic mass is 16.5. The number of ether oxygens (including phenoxy) is 1. The molecule has 0 unspecified atom stereocenters. The minimum Gasteiger partial charge on any atom is -0.402 e. The fourth-order valence-corrected chi connectivity index (χ4v) is 4.53. The minimum atomic E-state index is 0.0259. The summed E-state index contributed by atoms with van der Waals surface area (Å²) in [6.45, 7) is 5.40. The van der Waals surface area contributed by atoms with E-state index in [4.69, 9.17) is 15.9 Å². The van der Waals surface area contributed by atoms with E-state index in [2.05, 4.69) is 36.1 Å². The molecule has 1 aromatic carbocycles. The molecule has 1 saturated heterocycles. The fraction of sp³-hybridized carbons (Fsp3) is 0.444. The average molecular weight is 477 g/mol. The van der Waals surface area contributed by atoms with Crippen molar-refractivity contribution in [2.75, 3.05) is 37.7 Å². The number of carbonyl (C=O) groups excluding carboxylic acids is 1. The number of anilines is 1. The first-order valence-electron chi connectivity index (χ1n) is 12.1. The molecule has 3 aliphatic heterocycles. The maximum Gasteiger partial charge on any atom is 0.219 e. The van der Waals surface area contributed by atoms with Gasteiger partial charge in [-0.2, -0.15) is 5.10 Å². The van der Waals surface area contributed by atoms with E-state index < -0.39 is 0 Å². The van der Waals surface area contributed by atoms with Gasteiger partial charge in [0.25, 0.3) is 0 Å². The van der Waals surface area contributed by atoms with Crippen LogP contribution in [0.1, 0.15) is 38.2 Å². The number of nitrogens with one attached hydrogen (secondary N) is 1. The van der Waals surface area contributed by atoms with Gasteiger partial charge in [0.05, 0.1) is 12.7 Å². The number of amidine groups is 1. The summed E-state index contributed by atoms with van der Waals surface area (Å²) >= 11 is 0. The Labute approximate surface area is 208 Å². The van der Waals surface area contributed by atoms with E-state index in [1.807, 2.05) is 24.3 Å². The largest absolute Gasteiger partial charge is 0.402 e. The molecule has 3 aliphatic rings. The van der Waals surface area contributed by atoms with E-state index in [-0.39, 0.29) is 5.91 Å². The lowest BCUT2D eigenvalue weighted by atomic mass is 9.95. The van der Waals surface area contributed by atoms with Crippen molar-refractivity contribution in [2.24, 2.45) is 12.8 Å². The third kappa shape index (κ3) is 6.31. The van der Waals surface area contributed by atoms with Crippen LogP contribution in [0, 0.1) is 18.3 Å². The van der Waals surface area contributed by atoms with Gasteiger partial charge in [-0.05, 0) is 48.9 Å².